The SMILES string of the molecule is CC(C)C(CN(Cc1ccccc1)C(=O)C1CNC[C@H](NC(=O)OC(C)(C)C)C1)c1ccccc1. The minimum absolute atomic E-state index is 0.124. The Balaban J connectivity index is 1.76. The Kier molecular flexibility index (Phi) is 9.33. The highest BCUT2D eigenvalue weighted by atomic mass is 16.6. The molecule has 0 aromatic heterocycles. The molecule has 0 radical (unpaired) electrons. The van der Waals surface area contributed by atoms with Gasteiger partial charge in [-0.15, -0.1) is 0 Å². The molecular weight excluding hydrogens is 438 g/mol. The number of nitrogens with one attached hydrogen (secondary N) is 2. The molecule has 0 aliphatic carbocycles. The van der Waals surface area contributed by atoms with Gasteiger partial charge in [0.2, 0.25) is 5.91 Å². The molecule has 1 heterocycles. The van der Waals surface area contributed by atoms with Crippen molar-refractivity contribution in [3.63, 3.8) is 0 Å². The topological polar surface area (TPSA) is 70.7 Å². The van der Waals surface area contributed by atoms with Gasteiger partial charge < -0.3 is 20.3 Å². The molecule has 2 N–H and O–H groups in total. The van der Waals surface area contributed by atoms with Crippen molar-refractivity contribution in [3.8, 4) is 0 Å². The van der Waals surface area contributed by atoms with Crippen molar-refractivity contribution in [2.24, 2.45) is 11.8 Å². The maximum Gasteiger partial charge on any atom is 0.407 e. The van der Waals surface area contributed by atoms with E-state index in [9.17, 15) is 9.59 Å². The fraction of sp³-hybridized carbons (Fsp3) is 0.517. The minimum atomic E-state index is -0.558. The van der Waals surface area contributed by atoms with Crippen LogP contribution in [0.4, 0.5) is 4.79 Å². The van der Waals surface area contributed by atoms with Gasteiger partial charge in [0.1, 0.15) is 5.60 Å². The Hall–Kier alpha value is -2.86. The van der Waals surface area contributed by atoms with Gasteiger partial charge in [0.15, 0.2) is 0 Å². The zero-order valence-electron chi connectivity index (χ0n) is 21.8. The molecule has 190 valence electrons. The van der Waals surface area contributed by atoms with Gasteiger partial charge in [-0.2, -0.15) is 0 Å². The Morgan fingerprint density at radius 3 is 2.26 bits per heavy atom. The van der Waals surface area contributed by atoms with E-state index in [1.54, 1.807) is 0 Å². The first kappa shape index (κ1) is 26.7. The second-order valence-corrected chi connectivity index (χ2v) is 10.9. The van der Waals surface area contributed by atoms with Crippen LogP contribution in [0.1, 0.15) is 58.1 Å². The number of benzene rings is 2. The first-order valence-electron chi connectivity index (χ1n) is 12.7. The van der Waals surface area contributed by atoms with Crippen LogP contribution in [0.2, 0.25) is 0 Å². The van der Waals surface area contributed by atoms with Crippen LogP contribution in [0, 0.1) is 11.8 Å². The smallest absolute Gasteiger partial charge is 0.407 e. The van der Waals surface area contributed by atoms with Crippen LogP contribution in [0.25, 0.3) is 0 Å². The summed E-state index contributed by atoms with van der Waals surface area (Å²) in [6, 6.07) is 20.5. The number of rotatable bonds is 8. The van der Waals surface area contributed by atoms with Gasteiger partial charge in [-0.3, -0.25) is 4.79 Å². The summed E-state index contributed by atoms with van der Waals surface area (Å²) >= 11 is 0. The van der Waals surface area contributed by atoms with Gasteiger partial charge in [0, 0.05) is 38.1 Å². The molecule has 6 nitrogen and oxygen atoms in total. The molecule has 2 aromatic rings. The first-order chi connectivity index (χ1) is 16.6. The molecule has 0 bridgehead atoms. The summed E-state index contributed by atoms with van der Waals surface area (Å²) in [7, 11) is 0. The summed E-state index contributed by atoms with van der Waals surface area (Å²) < 4.78 is 5.42. The van der Waals surface area contributed by atoms with Crippen molar-refractivity contribution in [1.29, 1.82) is 0 Å². The molecule has 0 saturated carbocycles. The number of carbonyl (C=O) groups is 2. The fourth-order valence-corrected chi connectivity index (χ4v) is 4.65. The van der Waals surface area contributed by atoms with E-state index in [0.29, 0.717) is 38.5 Å². The number of carbonyl (C=O) groups excluding carboxylic acids is 2. The third-order valence-corrected chi connectivity index (χ3v) is 6.40. The van der Waals surface area contributed by atoms with Crippen LogP contribution in [0.5, 0.6) is 0 Å². The zero-order valence-corrected chi connectivity index (χ0v) is 21.8. The number of hydrogen-bond donors (Lipinski definition) is 2. The number of piperidine rings is 1. The lowest BCUT2D eigenvalue weighted by molar-refractivity contribution is -0.137. The van der Waals surface area contributed by atoms with Gasteiger partial charge in [0.25, 0.3) is 0 Å². The highest BCUT2D eigenvalue weighted by Crippen LogP contribution is 2.28. The standard InChI is InChI=1S/C29H41N3O3/c1-21(2)26(23-14-10-7-11-15-23)20-32(19-22-12-8-6-9-13-22)27(33)24-16-25(18-30-17-24)31-28(34)35-29(3,4)5/h6-15,21,24-26,30H,16-20H2,1-5H3,(H,31,34)/t24?,25-,26?/m1/s1. The predicted molar refractivity (Wildman–Crippen MR) is 140 cm³/mol. The van der Waals surface area contributed by atoms with Crippen molar-refractivity contribution >= 4 is 12.0 Å². The summed E-state index contributed by atoms with van der Waals surface area (Å²) in [4.78, 5) is 28.2. The molecule has 1 saturated heterocycles. The molecule has 2 unspecified atom stereocenters. The Morgan fingerprint density at radius 1 is 1.03 bits per heavy atom. The third-order valence-electron chi connectivity index (χ3n) is 6.40. The molecule has 2 amide bonds. The van der Waals surface area contributed by atoms with E-state index < -0.39 is 11.7 Å². The van der Waals surface area contributed by atoms with Gasteiger partial charge in [-0.25, -0.2) is 4.79 Å². The molecular formula is C29H41N3O3. The fourth-order valence-electron chi connectivity index (χ4n) is 4.65. The number of nitrogens with zero attached hydrogens (tertiary/aromatic N) is 1. The first-order valence-corrected chi connectivity index (χ1v) is 12.7. The van der Waals surface area contributed by atoms with Gasteiger partial charge in [0.05, 0.1) is 5.92 Å². The lowest BCUT2D eigenvalue weighted by Gasteiger charge is -2.36. The monoisotopic (exact) mass is 479 g/mol. The zero-order chi connectivity index (χ0) is 25.4. The normalized spacial score (nSPS) is 19.1. The number of amides is 2. The second-order valence-electron chi connectivity index (χ2n) is 10.9. The number of hydrogen-bond acceptors (Lipinski definition) is 4. The molecule has 6 heteroatoms. The summed E-state index contributed by atoms with van der Waals surface area (Å²) in [6.45, 7) is 12.4. The predicted octanol–water partition coefficient (Wildman–Crippen LogP) is 4.96. The number of ether oxygens (including phenoxy) is 1. The van der Waals surface area contributed by atoms with Crippen molar-refractivity contribution in [2.75, 3.05) is 19.6 Å². The molecule has 3 atom stereocenters. The van der Waals surface area contributed by atoms with Crippen molar-refractivity contribution < 1.29 is 14.3 Å². The van der Waals surface area contributed by atoms with Crippen LogP contribution in [-0.4, -0.2) is 48.2 Å². The lowest BCUT2D eigenvalue weighted by Crippen LogP contribution is -2.53. The molecule has 2 aromatic carbocycles. The Labute approximate surface area is 210 Å². The molecule has 0 spiro atoms. The van der Waals surface area contributed by atoms with E-state index >= 15 is 0 Å². The average Bonchev–Trinajstić information content (AvgIpc) is 2.81. The van der Waals surface area contributed by atoms with Crippen LogP contribution >= 0.6 is 0 Å². The number of alkyl carbamates (subject to hydrolysis) is 1. The summed E-state index contributed by atoms with van der Waals surface area (Å²) in [5, 5.41) is 6.28. The van der Waals surface area contributed by atoms with Gasteiger partial charge in [-0.05, 0) is 44.2 Å². The van der Waals surface area contributed by atoms with E-state index in [0.717, 1.165) is 5.56 Å². The molecule has 3 rings (SSSR count). The summed E-state index contributed by atoms with van der Waals surface area (Å²) in [5.41, 5.74) is 1.81. The largest absolute Gasteiger partial charge is 0.444 e. The highest BCUT2D eigenvalue weighted by molar-refractivity contribution is 5.79. The van der Waals surface area contributed by atoms with Crippen LogP contribution in [-0.2, 0) is 16.1 Å². The average molecular weight is 480 g/mol. The van der Waals surface area contributed by atoms with Crippen LogP contribution in [0.15, 0.2) is 60.7 Å². The van der Waals surface area contributed by atoms with Crippen molar-refractivity contribution in [3.05, 3.63) is 71.8 Å². The second kappa shape index (κ2) is 12.2. The van der Waals surface area contributed by atoms with Crippen LogP contribution < -0.4 is 10.6 Å². The van der Waals surface area contributed by atoms with Gasteiger partial charge in [-0.1, -0.05) is 74.5 Å². The molecule has 1 aliphatic heterocycles. The summed E-state index contributed by atoms with van der Waals surface area (Å²) in [5.74, 6) is 0.528. The maximum atomic E-state index is 13.9. The quantitative estimate of drug-likeness (QED) is 0.562. The van der Waals surface area contributed by atoms with Gasteiger partial charge >= 0.3 is 6.09 Å². The lowest BCUT2D eigenvalue weighted by atomic mass is 9.87. The van der Waals surface area contributed by atoms with E-state index in [-0.39, 0.29) is 23.8 Å². The Morgan fingerprint density at radius 2 is 1.66 bits per heavy atom. The molecule has 1 fully saturated rings. The molecule has 35 heavy (non-hydrogen) atoms. The molecule has 1 aliphatic rings. The van der Waals surface area contributed by atoms with E-state index in [2.05, 4.69) is 60.9 Å². The van der Waals surface area contributed by atoms with E-state index in [1.165, 1.54) is 5.56 Å². The minimum Gasteiger partial charge on any atom is -0.444 e. The summed E-state index contributed by atoms with van der Waals surface area (Å²) in [6.07, 6.45) is 0.149. The highest BCUT2D eigenvalue weighted by Gasteiger charge is 2.33. The van der Waals surface area contributed by atoms with E-state index in [4.69, 9.17) is 4.74 Å². The van der Waals surface area contributed by atoms with E-state index in [1.807, 2.05) is 49.9 Å². The van der Waals surface area contributed by atoms with Crippen molar-refractivity contribution in [1.82, 2.24) is 15.5 Å². The third kappa shape index (κ3) is 8.39. The maximum absolute atomic E-state index is 13.9. The van der Waals surface area contributed by atoms with Crippen molar-refractivity contribution in [2.45, 2.75) is 65.1 Å². The Bertz CT molecular complexity index is 941. The van der Waals surface area contributed by atoms with Crippen LogP contribution in [0.3, 0.4) is 0 Å².